The predicted octanol–water partition coefficient (Wildman–Crippen LogP) is 2.56. The Hall–Kier alpha value is -0.840. The third kappa shape index (κ3) is 6.28. The van der Waals surface area contributed by atoms with Crippen LogP contribution in [0.3, 0.4) is 0 Å². The predicted molar refractivity (Wildman–Crippen MR) is 62.8 cm³/mol. The summed E-state index contributed by atoms with van der Waals surface area (Å²) in [6.07, 6.45) is -0.751. The topological polar surface area (TPSA) is 38.8 Å². The van der Waals surface area contributed by atoms with E-state index in [1.165, 1.54) is 0 Å². The number of ether oxygens (including phenoxy) is 2. The van der Waals surface area contributed by atoms with Crippen molar-refractivity contribution in [3.8, 4) is 0 Å². The highest BCUT2D eigenvalue weighted by Gasteiger charge is 2.20. The molecular weight excluding hydrogens is 214 g/mol. The molecule has 0 heterocycles. The number of thiocarbonyl (C=S) groups is 1. The van der Waals surface area contributed by atoms with E-state index in [1.54, 1.807) is 25.7 Å². The lowest BCUT2D eigenvalue weighted by Crippen LogP contribution is -2.34. The monoisotopic (exact) mass is 233 g/mol. The summed E-state index contributed by atoms with van der Waals surface area (Å²) in [5.41, 5.74) is -0.560. The molecule has 5 heteroatoms. The Labute approximate surface area is 96.5 Å². The second-order valence-corrected chi connectivity index (χ2v) is 4.35. The van der Waals surface area contributed by atoms with Gasteiger partial charge in [0.05, 0.1) is 0 Å². The molecule has 0 fully saturated rings. The Kier molecular flexibility index (Phi) is 5.57. The smallest absolute Gasteiger partial charge is 0.428 e. The molecule has 0 unspecified atom stereocenters. The summed E-state index contributed by atoms with van der Waals surface area (Å²) in [5.74, 6) is 0. The van der Waals surface area contributed by atoms with Gasteiger partial charge in [-0.25, -0.2) is 4.79 Å². The Morgan fingerprint density at radius 3 is 2.07 bits per heavy atom. The van der Waals surface area contributed by atoms with Crippen LogP contribution in [0.2, 0.25) is 0 Å². The van der Waals surface area contributed by atoms with Crippen molar-refractivity contribution in [2.45, 2.75) is 40.2 Å². The van der Waals surface area contributed by atoms with Crippen LogP contribution in [-0.4, -0.2) is 34.9 Å². The fourth-order valence-corrected chi connectivity index (χ4v) is 1.21. The zero-order chi connectivity index (χ0) is 12.1. The lowest BCUT2D eigenvalue weighted by atomic mass is 10.2. The van der Waals surface area contributed by atoms with E-state index in [0.717, 1.165) is 0 Å². The molecule has 0 atom stereocenters. The SMILES string of the molecule is CCN(CC)C(=S)OC(=O)OC(C)(C)C. The normalized spacial score (nSPS) is 10.7. The fourth-order valence-electron chi connectivity index (χ4n) is 0.888. The zero-order valence-electron chi connectivity index (χ0n) is 9.99. The molecule has 0 bridgehead atoms. The summed E-state index contributed by atoms with van der Waals surface area (Å²) in [7, 11) is 0. The molecule has 0 saturated heterocycles. The summed E-state index contributed by atoms with van der Waals surface area (Å²) in [4.78, 5) is 13.0. The van der Waals surface area contributed by atoms with Gasteiger partial charge >= 0.3 is 6.16 Å². The number of carbonyl (C=O) groups is 1. The van der Waals surface area contributed by atoms with Crippen molar-refractivity contribution in [1.29, 1.82) is 0 Å². The summed E-state index contributed by atoms with van der Waals surface area (Å²) in [6, 6.07) is 0. The average Bonchev–Trinajstić information content (AvgIpc) is 2.02. The second-order valence-electron chi connectivity index (χ2n) is 4.00. The molecule has 0 radical (unpaired) electrons. The maximum atomic E-state index is 11.2. The molecule has 0 aliphatic heterocycles. The number of rotatable bonds is 2. The van der Waals surface area contributed by atoms with Crippen molar-refractivity contribution < 1.29 is 14.3 Å². The second kappa shape index (κ2) is 5.90. The van der Waals surface area contributed by atoms with Crippen LogP contribution >= 0.6 is 12.2 Å². The maximum Gasteiger partial charge on any atom is 0.516 e. The van der Waals surface area contributed by atoms with E-state index in [4.69, 9.17) is 21.7 Å². The highest BCUT2D eigenvalue weighted by molar-refractivity contribution is 7.80. The van der Waals surface area contributed by atoms with Gasteiger partial charge < -0.3 is 14.4 Å². The number of hydrogen-bond donors (Lipinski definition) is 0. The third-order valence-electron chi connectivity index (χ3n) is 1.58. The van der Waals surface area contributed by atoms with Crippen LogP contribution < -0.4 is 0 Å². The van der Waals surface area contributed by atoms with E-state index >= 15 is 0 Å². The number of hydrogen-bond acceptors (Lipinski definition) is 4. The van der Waals surface area contributed by atoms with Crippen LogP contribution in [0.4, 0.5) is 4.79 Å². The van der Waals surface area contributed by atoms with E-state index in [1.807, 2.05) is 13.8 Å². The summed E-state index contributed by atoms with van der Waals surface area (Å²) >= 11 is 4.94. The Morgan fingerprint density at radius 2 is 1.73 bits per heavy atom. The molecule has 88 valence electrons. The molecule has 0 N–H and O–H groups in total. The van der Waals surface area contributed by atoms with Gasteiger partial charge in [0.25, 0.3) is 5.17 Å². The summed E-state index contributed by atoms with van der Waals surface area (Å²) < 4.78 is 9.84. The summed E-state index contributed by atoms with van der Waals surface area (Å²) in [6.45, 7) is 10.6. The van der Waals surface area contributed by atoms with Crippen molar-refractivity contribution in [1.82, 2.24) is 4.90 Å². The minimum Gasteiger partial charge on any atom is -0.428 e. The molecule has 0 aromatic rings. The number of carbonyl (C=O) groups excluding carboxylic acids is 1. The molecule has 0 aromatic heterocycles. The molecule has 0 saturated carbocycles. The first-order valence-corrected chi connectivity index (χ1v) is 5.40. The maximum absolute atomic E-state index is 11.2. The van der Waals surface area contributed by atoms with E-state index < -0.39 is 11.8 Å². The van der Waals surface area contributed by atoms with Crippen LogP contribution in [0.15, 0.2) is 0 Å². The average molecular weight is 233 g/mol. The van der Waals surface area contributed by atoms with Gasteiger partial charge in [-0.2, -0.15) is 0 Å². The fraction of sp³-hybridized carbons (Fsp3) is 0.800. The van der Waals surface area contributed by atoms with Crippen LogP contribution in [0, 0.1) is 0 Å². The summed E-state index contributed by atoms with van der Waals surface area (Å²) in [5, 5.41) is 0.161. The molecule has 0 rings (SSSR count). The van der Waals surface area contributed by atoms with Gasteiger partial charge in [-0.15, -0.1) is 0 Å². The van der Waals surface area contributed by atoms with Crippen molar-refractivity contribution in [2.24, 2.45) is 0 Å². The highest BCUT2D eigenvalue weighted by Crippen LogP contribution is 2.09. The highest BCUT2D eigenvalue weighted by atomic mass is 32.1. The molecule has 0 aromatic carbocycles. The third-order valence-corrected chi connectivity index (χ3v) is 1.92. The van der Waals surface area contributed by atoms with Gasteiger partial charge in [0.1, 0.15) is 5.60 Å². The lowest BCUT2D eigenvalue weighted by Gasteiger charge is -2.23. The van der Waals surface area contributed by atoms with Crippen LogP contribution in [0.25, 0.3) is 0 Å². The van der Waals surface area contributed by atoms with Gasteiger partial charge in [0.2, 0.25) is 0 Å². The van der Waals surface area contributed by atoms with Crippen molar-refractivity contribution in [2.75, 3.05) is 13.1 Å². The Balaban J connectivity index is 4.13. The van der Waals surface area contributed by atoms with Gasteiger partial charge in [0, 0.05) is 13.1 Å². The van der Waals surface area contributed by atoms with Crippen molar-refractivity contribution in [3.63, 3.8) is 0 Å². The minimum absolute atomic E-state index is 0.161. The molecule has 0 aliphatic rings. The largest absolute Gasteiger partial charge is 0.516 e. The van der Waals surface area contributed by atoms with Gasteiger partial charge in [-0.05, 0) is 46.8 Å². The van der Waals surface area contributed by atoms with Crippen LogP contribution in [0.1, 0.15) is 34.6 Å². The lowest BCUT2D eigenvalue weighted by molar-refractivity contribution is 0.0154. The minimum atomic E-state index is -0.751. The van der Waals surface area contributed by atoms with Crippen LogP contribution in [0.5, 0.6) is 0 Å². The first kappa shape index (κ1) is 14.2. The standard InChI is InChI=1S/C10H19NO3S/c1-6-11(7-2)8(15)13-9(12)14-10(3,4)5/h6-7H2,1-5H3. The molecule has 0 amide bonds. The molecule has 0 spiro atoms. The Bertz CT molecular complexity index is 231. The Morgan fingerprint density at radius 1 is 1.27 bits per heavy atom. The van der Waals surface area contributed by atoms with E-state index in [0.29, 0.717) is 13.1 Å². The molecule has 4 nitrogen and oxygen atoms in total. The quantitative estimate of drug-likeness (QED) is 0.541. The first-order chi connectivity index (χ1) is 6.80. The number of nitrogens with zero attached hydrogens (tertiary/aromatic N) is 1. The van der Waals surface area contributed by atoms with Gasteiger partial charge in [-0.3, -0.25) is 0 Å². The van der Waals surface area contributed by atoms with E-state index in [2.05, 4.69) is 0 Å². The zero-order valence-corrected chi connectivity index (χ0v) is 10.8. The van der Waals surface area contributed by atoms with E-state index in [9.17, 15) is 4.79 Å². The molecular formula is C10H19NO3S. The first-order valence-electron chi connectivity index (χ1n) is 5.00. The molecule has 15 heavy (non-hydrogen) atoms. The molecule has 0 aliphatic carbocycles. The van der Waals surface area contributed by atoms with Gasteiger partial charge in [-0.1, -0.05) is 0 Å². The van der Waals surface area contributed by atoms with Crippen molar-refractivity contribution >= 4 is 23.5 Å². The van der Waals surface area contributed by atoms with Crippen molar-refractivity contribution in [3.05, 3.63) is 0 Å². The van der Waals surface area contributed by atoms with Gasteiger partial charge in [0.15, 0.2) is 0 Å². The van der Waals surface area contributed by atoms with Crippen LogP contribution in [-0.2, 0) is 9.47 Å². The van der Waals surface area contributed by atoms with E-state index in [-0.39, 0.29) is 5.17 Å².